The zero-order chi connectivity index (χ0) is 12.6. The molecule has 4 heteroatoms. The summed E-state index contributed by atoms with van der Waals surface area (Å²) in [6.07, 6.45) is 3.92. The minimum atomic E-state index is -0.498. The lowest BCUT2D eigenvalue weighted by Gasteiger charge is -2.27. The summed E-state index contributed by atoms with van der Waals surface area (Å²) in [6.45, 7) is 6.18. The molecule has 2 rings (SSSR count). The van der Waals surface area contributed by atoms with Gasteiger partial charge in [0.15, 0.2) is 0 Å². The van der Waals surface area contributed by atoms with Crippen LogP contribution in [0.5, 0.6) is 0 Å². The van der Waals surface area contributed by atoms with Gasteiger partial charge in [0.2, 0.25) is 0 Å². The second kappa shape index (κ2) is 4.31. The molecule has 4 nitrogen and oxygen atoms in total. The third kappa shape index (κ3) is 2.79. The lowest BCUT2D eigenvalue weighted by molar-refractivity contribution is -0.112. The van der Waals surface area contributed by atoms with E-state index in [0.717, 1.165) is 12.7 Å². The molecular weight excluding hydrogens is 218 g/mol. The van der Waals surface area contributed by atoms with Gasteiger partial charge in [-0.15, -0.1) is 0 Å². The SMILES string of the molecule is CC(C)(C)OC(=O)N1CCC(C2CC2)C1C=O. The molecule has 0 aromatic carbocycles. The predicted octanol–water partition coefficient (Wildman–Crippen LogP) is 2.22. The van der Waals surface area contributed by atoms with Crippen LogP contribution in [0.15, 0.2) is 0 Å². The third-order valence-corrected chi connectivity index (χ3v) is 3.50. The highest BCUT2D eigenvalue weighted by Crippen LogP contribution is 2.44. The molecule has 1 aliphatic carbocycles. The maximum absolute atomic E-state index is 12.0. The van der Waals surface area contributed by atoms with E-state index in [4.69, 9.17) is 4.74 Å². The number of hydrogen-bond acceptors (Lipinski definition) is 3. The van der Waals surface area contributed by atoms with Crippen molar-refractivity contribution in [2.75, 3.05) is 6.54 Å². The molecule has 1 amide bonds. The number of ether oxygens (including phenoxy) is 1. The maximum Gasteiger partial charge on any atom is 0.410 e. The van der Waals surface area contributed by atoms with Gasteiger partial charge in [-0.3, -0.25) is 4.90 Å². The van der Waals surface area contributed by atoms with Crippen molar-refractivity contribution in [3.63, 3.8) is 0 Å². The normalized spacial score (nSPS) is 29.2. The summed E-state index contributed by atoms with van der Waals surface area (Å²) in [7, 11) is 0. The zero-order valence-electron chi connectivity index (χ0n) is 10.8. The van der Waals surface area contributed by atoms with Crippen molar-refractivity contribution in [1.29, 1.82) is 0 Å². The van der Waals surface area contributed by atoms with Crippen LogP contribution in [-0.4, -0.2) is 35.5 Å². The van der Waals surface area contributed by atoms with E-state index >= 15 is 0 Å². The Morgan fingerprint density at radius 2 is 1.94 bits per heavy atom. The van der Waals surface area contributed by atoms with Crippen molar-refractivity contribution in [1.82, 2.24) is 4.90 Å². The molecule has 0 radical (unpaired) electrons. The standard InChI is InChI=1S/C13H21NO3/c1-13(2,3)17-12(16)14-7-6-10(9-4-5-9)11(14)8-15/h8-11H,4-7H2,1-3H3. The summed E-state index contributed by atoms with van der Waals surface area (Å²) < 4.78 is 5.33. The Labute approximate surface area is 102 Å². The van der Waals surface area contributed by atoms with E-state index in [9.17, 15) is 9.59 Å². The lowest BCUT2D eigenvalue weighted by atomic mass is 9.96. The highest BCUT2D eigenvalue weighted by molar-refractivity contribution is 5.74. The molecule has 0 spiro atoms. The van der Waals surface area contributed by atoms with Crippen LogP contribution in [0.1, 0.15) is 40.0 Å². The predicted molar refractivity (Wildman–Crippen MR) is 63.6 cm³/mol. The van der Waals surface area contributed by atoms with Crippen LogP contribution in [0.25, 0.3) is 0 Å². The first-order valence-corrected chi connectivity index (χ1v) is 6.37. The average molecular weight is 239 g/mol. The van der Waals surface area contributed by atoms with Crippen LogP contribution >= 0.6 is 0 Å². The van der Waals surface area contributed by atoms with Gasteiger partial charge in [0.25, 0.3) is 0 Å². The molecule has 0 N–H and O–H groups in total. The van der Waals surface area contributed by atoms with Crippen molar-refractivity contribution >= 4 is 12.4 Å². The Hall–Kier alpha value is -1.06. The van der Waals surface area contributed by atoms with Crippen LogP contribution in [0.3, 0.4) is 0 Å². The Bertz CT molecular complexity index is 317. The molecule has 0 bridgehead atoms. The molecule has 17 heavy (non-hydrogen) atoms. The minimum absolute atomic E-state index is 0.266. The van der Waals surface area contributed by atoms with Gasteiger partial charge in [-0.25, -0.2) is 4.79 Å². The fraction of sp³-hybridized carbons (Fsp3) is 0.846. The first-order valence-electron chi connectivity index (χ1n) is 6.37. The molecule has 1 saturated carbocycles. The fourth-order valence-electron chi connectivity index (χ4n) is 2.59. The third-order valence-electron chi connectivity index (χ3n) is 3.50. The van der Waals surface area contributed by atoms with Gasteiger partial charge in [0.1, 0.15) is 11.9 Å². The monoisotopic (exact) mass is 239 g/mol. The quantitative estimate of drug-likeness (QED) is 0.694. The molecule has 0 aromatic heterocycles. The van der Waals surface area contributed by atoms with E-state index in [1.54, 1.807) is 4.90 Å². The van der Waals surface area contributed by atoms with Gasteiger partial charge in [-0.05, 0) is 51.9 Å². The van der Waals surface area contributed by atoms with E-state index < -0.39 is 5.60 Å². The van der Waals surface area contributed by atoms with Crippen LogP contribution in [0.2, 0.25) is 0 Å². The Morgan fingerprint density at radius 3 is 2.41 bits per heavy atom. The number of carbonyl (C=O) groups excluding carboxylic acids is 2. The second-order valence-corrected chi connectivity index (χ2v) is 6.09. The van der Waals surface area contributed by atoms with Crippen molar-refractivity contribution in [3.05, 3.63) is 0 Å². The molecule has 96 valence electrons. The summed E-state index contributed by atoms with van der Waals surface area (Å²) >= 11 is 0. The topological polar surface area (TPSA) is 46.6 Å². The van der Waals surface area contributed by atoms with Gasteiger partial charge in [0.05, 0.1) is 6.04 Å². The largest absolute Gasteiger partial charge is 0.444 e. The average Bonchev–Trinajstić information content (AvgIpc) is 2.94. The molecule has 2 atom stereocenters. The number of nitrogens with zero attached hydrogens (tertiary/aromatic N) is 1. The highest BCUT2D eigenvalue weighted by Gasteiger charge is 2.45. The summed E-state index contributed by atoms with van der Waals surface area (Å²) in [4.78, 5) is 24.7. The fourth-order valence-corrected chi connectivity index (χ4v) is 2.59. The Kier molecular flexibility index (Phi) is 3.15. The molecule has 0 aromatic rings. The summed E-state index contributed by atoms with van der Waals surface area (Å²) in [5.74, 6) is 1.01. The number of hydrogen-bond donors (Lipinski definition) is 0. The van der Waals surface area contributed by atoms with Gasteiger partial charge in [-0.1, -0.05) is 0 Å². The molecular formula is C13H21NO3. The Morgan fingerprint density at radius 1 is 1.29 bits per heavy atom. The summed E-state index contributed by atoms with van der Waals surface area (Å²) in [5.41, 5.74) is -0.498. The summed E-state index contributed by atoms with van der Waals surface area (Å²) in [5, 5.41) is 0. The van der Waals surface area contributed by atoms with Crippen LogP contribution in [-0.2, 0) is 9.53 Å². The number of aldehydes is 1. The second-order valence-electron chi connectivity index (χ2n) is 6.09. The number of likely N-dealkylation sites (tertiary alicyclic amines) is 1. The highest BCUT2D eigenvalue weighted by atomic mass is 16.6. The zero-order valence-corrected chi connectivity index (χ0v) is 10.8. The first kappa shape index (κ1) is 12.4. The number of amides is 1. The van der Waals surface area contributed by atoms with Crippen LogP contribution < -0.4 is 0 Å². The van der Waals surface area contributed by atoms with E-state index in [-0.39, 0.29) is 12.1 Å². The molecule has 2 aliphatic rings. The van der Waals surface area contributed by atoms with Crippen LogP contribution in [0, 0.1) is 11.8 Å². The Balaban J connectivity index is 2.00. The van der Waals surface area contributed by atoms with Crippen molar-refractivity contribution < 1.29 is 14.3 Å². The first-order chi connectivity index (χ1) is 7.92. The molecule has 2 fully saturated rings. The van der Waals surface area contributed by atoms with Crippen molar-refractivity contribution in [2.45, 2.75) is 51.7 Å². The van der Waals surface area contributed by atoms with E-state index in [0.29, 0.717) is 18.4 Å². The molecule has 2 unspecified atom stereocenters. The van der Waals surface area contributed by atoms with E-state index in [1.807, 2.05) is 20.8 Å². The van der Waals surface area contributed by atoms with E-state index in [2.05, 4.69) is 0 Å². The van der Waals surface area contributed by atoms with Gasteiger partial charge in [-0.2, -0.15) is 0 Å². The maximum atomic E-state index is 12.0. The number of rotatable bonds is 2. The molecule has 1 heterocycles. The minimum Gasteiger partial charge on any atom is -0.444 e. The van der Waals surface area contributed by atoms with Crippen LogP contribution in [0.4, 0.5) is 4.79 Å². The summed E-state index contributed by atoms with van der Waals surface area (Å²) in [6, 6.07) is -0.266. The lowest BCUT2D eigenvalue weighted by Crippen LogP contribution is -2.42. The van der Waals surface area contributed by atoms with Gasteiger partial charge >= 0.3 is 6.09 Å². The van der Waals surface area contributed by atoms with Crippen molar-refractivity contribution in [2.24, 2.45) is 11.8 Å². The van der Waals surface area contributed by atoms with Gasteiger partial charge < -0.3 is 9.53 Å². The van der Waals surface area contributed by atoms with Crippen molar-refractivity contribution in [3.8, 4) is 0 Å². The van der Waals surface area contributed by atoms with Gasteiger partial charge in [0, 0.05) is 6.54 Å². The van der Waals surface area contributed by atoms with E-state index in [1.165, 1.54) is 12.8 Å². The smallest absolute Gasteiger partial charge is 0.410 e. The molecule has 1 saturated heterocycles. The number of carbonyl (C=O) groups is 2. The molecule has 1 aliphatic heterocycles.